The van der Waals surface area contributed by atoms with Crippen molar-refractivity contribution in [1.29, 1.82) is 0 Å². The quantitative estimate of drug-likeness (QED) is 0.324. The molecule has 3 aromatic rings. The fraction of sp³-hybridized carbons (Fsp3) is 0.407. The summed E-state index contributed by atoms with van der Waals surface area (Å²) in [6.45, 7) is 11.9. The molecule has 0 aliphatic heterocycles. The van der Waals surface area contributed by atoms with Crippen LogP contribution in [0.5, 0.6) is 5.75 Å². The number of ether oxygens (including phenoxy) is 2. The highest BCUT2D eigenvalue weighted by Crippen LogP contribution is 2.42. The molecule has 5 heteroatoms. The minimum absolute atomic E-state index is 0.0607. The summed E-state index contributed by atoms with van der Waals surface area (Å²) in [5.41, 5.74) is 3.66. The predicted molar refractivity (Wildman–Crippen MR) is 126 cm³/mol. The summed E-state index contributed by atoms with van der Waals surface area (Å²) in [5.74, 6) is 1.19. The van der Waals surface area contributed by atoms with Gasteiger partial charge in [-0.25, -0.2) is 4.79 Å². The van der Waals surface area contributed by atoms with Gasteiger partial charge in [-0.2, -0.15) is 0 Å². The summed E-state index contributed by atoms with van der Waals surface area (Å²) in [6.07, 6.45) is 4.31. The molecule has 1 aromatic carbocycles. The lowest BCUT2D eigenvalue weighted by molar-refractivity contribution is -0.148. The molecule has 168 valence electrons. The molecule has 4 rings (SSSR count). The fourth-order valence-electron chi connectivity index (χ4n) is 4.48. The van der Waals surface area contributed by atoms with Crippen LogP contribution in [-0.2, 0) is 22.4 Å². The Balaban J connectivity index is 1.57. The molecule has 5 nitrogen and oxygen atoms in total. The monoisotopic (exact) mass is 433 g/mol. The number of fused-ring (bicyclic) bond motifs is 1. The molecular formula is C27H31NO4. The molecule has 32 heavy (non-hydrogen) atoms. The maximum absolute atomic E-state index is 11.7. The van der Waals surface area contributed by atoms with Gasteiger partial charge >= 0.3 is 5.97 Å². The van der Waals surface area contributed by atoms with Crippen LogP contribution in [0.1, 0.15) is 51.9 Å². The first-order valence-corrected chi connectivity index (χ1v) is 11.4. The number of carbonyl (C=O) groups excluding carboxylic acids is 1. The van der Waals surface area contributed by atoms with E-state index in [0.29, 0.717) is 0 Å². The molecule has 2 aromatic heterocycles. The molecule has 0 bridgehead atoms. The van der Waals surface area contributed by atoms with Crippen LogP contribution in [0, 0.1) is 5.41 Å². The molecule has 0 amide bonds. The van der Waals surface area contributed by atoms with E-state index in [-0.39, 0.29) is 23.6 Å². The van der Waals surface area contributed by atoms with E-state index in [0.717, 1.165) is 65.1 Å². The van der Waals surface area contributed by atoms with Crippen LogP contribution >= 0.6 is 0 Å². The second-order valence-electron chi connectivity index (χ2n) is 8.95. The van der Waals surface area contributed by atoms with E-state index in [1.54, 1.807) is 0 Å². The molecule has 1 aliphatic carbocycles. The Kier molecular flexibility index (Phi) is 6.09. The molecule has 0 radical (unpaired) electrons. The number of esters is 1. The van der Waals surface area contributed by atoms with Crippen molar-refractivity contribution < 1.29 is 18.7 Å². The Hall–Kier alpha value is -3.08. The first-order chi connectivity index (χ1) is 15.3. The molecule has 0 saturated heterocycles. The lowest BCUT2D eigenvalue weighted by Crippen LogP contribution is -2.38. The van der Waals surface area contributed by atoms with Gasteiger partial charge in [0.05, 0.1) is 5.69 Å². The summed E-state index contributed by atoms with van der Waals surface area (Å²) in [5, 5.41) is 1.03. The van der Waals surface area contributed by atoms with E-state index >= 15 is 0 Å². The number of carbonyl (C=O) groups is 1. The SMILES string of the molecule is C=CC(=O)OC1CCC(Oc2ccc3cc(-c4ccc(CC)nc4CC)oc3c2)C1(C)C. The van der Waals surface area contributed by atoms with Crippen LogP contribution in [-0.4, -0.2) is 23.2 Å². The third-order valence-electron chi connectivity index (χ3n) is 6.54. The number of aryl methyl sites for hydroxylation is 2. The van der Waals surface area contributed by atoms with Crippen molar-refractivity contribution in [2.24, 2.45) is 5.41 Å². The minimum Gasteiger partial charge on any atom is -0.490 e. The van der Waals surface area contributed by atoms with Gasteiger partial charge in [-0.15, -0.1) is 0 Å². The maximum Gasteiger partial charge on any atom is 0.330 e. The summed E-state index contributed by atoms with van der Waals surface area (Å²) in [7, 11) is 0. The Morgan fingerprint density at radius 1 is 1.16 bits per heavy atom. The van der Waals surface area contributed by atoms with Gasteiger partial charge in [0, 0.05) is 34.2 Å². The lowest BCUT2D eigenvalue weighted by Gasteiger charge is -2.32. The second-order valence-corrected chi connectivity index (χ2v) is 8.95. The van der Waals surface area contributed by atoms with Crippen molar-refractivity contribution in [3.8, 4) is 17.1 Å². The highest BCUT2D eigenvalue weighted by atomic mass is 16.5. The van der Waals surface area contributed by atoms with Gasteiger partial charge in [-0.1, -0.05) is 34.3 Å². The molecular weight excluding hydrogens is 402 g/mol. The van der Waals surface area contributed by atoms with E-state index in [4.69, 9.17) is 18.9 Å². The van der Waals surface area contributed by atoms with Crippen LogP contribution in [0.15, 0.2) is 53.5 Å². The first kappa shape index (κ1) is 22.1. The Labute approximate surface area is 189 Å². The fourth-order valence-corrected chi connectivity index (χ4v) is 4.48. The number of hydrogen-bond acceptors (Lipinski definition) is 5. The number of rotatable bonds is 7. The van der Waals surface area contributed by atoms with Gasteiger partial charge in [0.15, 0.2) is 0 Å². The molecule has 0 spiro atoms. The van der Waals surface area contributed by atoms with E-state index in [1.165, 1.54) is 6.08 Å². The number of furan rings is 1. The summed E-state index contributed by atoms with van der Waals surface area (Å²) in [4.78, 5) is 16.4. The van der Waals surface area contributed by atoms with Crippen LogP contribution in [0.4, 0.5) is 0 Å². The van der Waals surface area contributed by atoms with E-state index in [9.17, 15) is 4.79 Å². The number of hydrogen-bond donors (Lipinski definition) is 0. The largest absolute Gasteiger partial charge is 0.490 e. The van der Waals surface area contributed by atoms with Crippen LogP contribution in [0.3, 0.4) is 0 Å². The lowest BCUT2D eigenvalue weighted by atomic mass is 9.87. The van der Waals surface area contributed by atoms with Gasteiger partial charge in [0.1, 0.15) is 29.3 Å². The van der Waals surface area contributed by atoms with Crippen molar-refractivity contribution in [3.05, 3.63) is 60.4 Å². The standard InChI is InChI=1S/C27H31NO4/c1-6-18-10-12-20(21(7-2)28-18)23-15-17-9-11-19(16-22(17)31-23)30-24-13-14-25(27(24,4)5)32-26(29)8-3/h8-12,15-16,24-25H,3,6-7,13-14H2,1-2,4-5H3. The van der Waals surface area contributed by atoms with Gasteiger partial charge in [-0.3, -0.25) is 4.98 Å². The molecule has 2 heterocycles. The minimum atomic E-state index is -0.388. The summed E-state index contributed by atoms with van der Waals surface area (Å²) >= 11 is 0. The molecule has 1 saturated carbocycles. The number of aromatic nitrogens is 1. The average molecular weight is 434 g/mol. The third kappa shape index (κ3) is 4.16. The third-order valence-corrected chi connectivity index (χ3v) is 6.54. The van der Waals surface area contributed by atoms with E-state index < -0.39 is 0 Å². The van der Waals surface area contributed by atoms with Crippen LogP contribution < -0.4 is 4.74 Å². The van der Waals surface area contributed by atoms with Crippen molar-refractivity contribution in [3.63, 3.8) is 0 Å². The Morgan fingerprint density at radius 3 is 2.66 bits per heavy atom. The molecule has 1 fully saturated rings. The maximum atomic E-state index is 11.7. The van der Waals surface area contributed by atoms with Crippen molar-refractivity contribution in [2.75, 3.05) is 0 Å². The van der Waals surface area contributed by atoms with Crippen molar-refractivity contribution in [2.45, 2.75) is 65.6 Å². The summed E-state index contributed by atoms with van der Waals surface area (Å²) < 4.78 is 18.1. The highest BCUT2D eigenvalue weighted by molar-refractivity contribution is 5.84. The summed E-state index contributed by atoms with van der Waals surface area (Å²) in [6, 6.07) is 12.2. The van der Waals surface area contributed by atoms with Gasteiger partial charge < -0.3 is 13.9 Å². The number of nitrogens with zero attached hydrogens (tertiary/aromatic N) is 1. The molecule has 2 atom stereocenters. The number of pyridine rings is 1. The second kappa shape index (κ2) is 8.81. The van der Waals surface area contributed by atoms with E-state index in [2.05, 4.69) is 52.5 Å². The Morgan fingerprint density at radius 2 is 1.94 bits per heavy atom. The zero-order valence-electron chi connectivity index (χ0n) is 19.3. The smallest absolute Gasteiger partial charge is 0.330 e. The zero-order chi connectivity index (χ0) is 22.9. The number of benzene rings is 1. The molecule has 0 N–H and O–H groups in total. The van der Waals surface area contributed by atoms with Crippen molar-refractivity contribution >= 4 is 16.9 Å². The van der Waals surface area contributed by atoms with Gasteiger partial charge in [0.25, 0.3) is 0 Å². The molecule has 2 unspecified atom stereocenters. The normalized spacial score (nSPS) is 19.8. The Bertz CT molecular complexity index is 1140. The van der Waals surface area contributed by atoms with Crippen LogP contribution in [0.2, 0.25) is 0 Å². The van der Waals surface area contributed by atoms with Crippen LogP contribution in [0.25, 0.3) is 22.3 Å². The molecule has 1 aliphatic rings. The van der Waals surface area contributed by atoms with Gasteiger partial charge in [-0.05, 0) is 56.0 Å². The zero-order valence-corrected chi connectivity index (χ0v) is 19.3. The average Bonchev–Trinajstić information content (AvgIpc) is 3.33. The first-order valence-electron chi connectivity index (χ1n) is 11.4. The predicted octanol–water partition coefficient (Wildman–Crippen LogP) is 6.28. The van der Waals surface area contributed by atoms with Gasteiger partial charge in [0.2, 0.25) is 0 Å². The topological polar surface area (TPSA) is 61.6 Å². The highest BCUT2D eigenvalue weighted by Gasteiger charge is 2.47. The van der Waals surface area contributed by atoms with E-state index in [1.807, 2.05) is 18.2 Å². The van der Waals surface area contributed by atoms with Crippen molar-refractivity contribution in [1.82, 2.24) is 4.98 Å².